The maximum Gasteiger partial charge on any atom is 0.212 e. The molecular weight excluding hydrogens is 643 g/mol. The molecule has 1 aromatic carbocycles. The Hall–Kier alpha value is -3.80. The van der Waals surface area contributed by atoms with Crippen LogP contribution in [-0.2, 0) is 9.53 Å². The zero-order valence-electron chi connectivity index (χ0n) is 30.5. The van der Waals surface area contributed by atoms with Crippen LogP contribution in [-0.4, -0.2) is 84.1 Å². The fourth-order valence-electron chi connectivity index (χ4n) is 4.94. The molecule has 2 saturated heterocycles. The highest BCUT2D eigenvalue weighted by Gasteiger charge is 2.34. The summed E-state index contributed by atoms with van der Waals surface area (Å²) in [5, 5.41) is 6.07. The molecule has 0 spiro atoms. The van der Waals surface area contributed by atoms with E-state index in [1.165, 1.54) is 76.4 Å². The minimum Gasteiger partial charge on any atom is -0.474 e. The second kappa shape index (κ2) is 20.7. The Morgan fingerprint density at radius 2 is 1.76 bits per heavy atom. The van der Waals surface area contributed by atoms with Gasteiger partial charge in [-0.15, -0.1) is 0 Å². The Bertz CT molecular complexity index is 1400. The normalized spacial score (nSPS) is 17.3. The van der Waals surface area contributed by atoms with Crippen molar-refractivity contribution in [3.05, 3.63) is 82.9 Å². The third-order valence-corrected chi connectivity index (χ3v) is 8.09. The highest BCUT2D eigenvalue weighted by Crippen LogP contribution is 2.31. The average Bonchev–Trinajstić information content (AvgIpc) is 3.02. The average molecular weight is 701 g/mol. The van der Waals surface area contributed by atoms with Gasteiger partial charge in [-0.05, 0) is 84.1 Å². The molecule has 0 radical (unpaired) electrons. The van der Waals surface area contributed by atoms with Crippen molar-refractivity contribution in [3.8, 4) is 0 Å². The van der Waals surface area contributed by atoms with E-state index in [1.807, 2.05) is 25.7 Å². The first-order chi connectivity index (χ1) is 23.2. The van der Waals surface area contributed by atoms with Gasteiger partial charge in [-0.1, -0.05) is 45.2 Å². The lowest BCUT2D eigenvalue weighted by Crippen LogP contribution is -2.51. The number of carbonyl (C=O) groups excluding carboxylic acids is 1. The van der Waals surface area contributed by atoms with Gasteiger partial charge in [-0.3, -0.25) is 4.79 Å². The van der Waals surface area contributed by atoms with Crippen molar-refractivity contribution >= 4 is 35.2 Å². The van der Waals surface area contributed by atoms with E-state index in [4.69, 9.17) is 27.8 Å². The maximum absolute atomic E-state index is 14.5. The summed E-state index contributed by atoms with van der Waals surface area (Å²) in [4.78, 5) is 21.8. The second-order valence-electron chi connectivity index (χ2n) is 13.2. The number of benzene rings is 1. The van der Waals surface area contributed by atoms with Crippen LogP contribution in [0.15, 0.2) is 66.5 Å². The van der Waals surface area contributed by atoms with E-state index in [1.54, 1.807) is 18.2 Å². The summed E-state index contributed by atoms with van der Waals surface area (Å²) in [6.45, 7) is 23.5. The van der Waals surface area contributed by atoms with E-state index in [0.717, 1.165) is 13.0 Å². The van der Waals surface area contributed by atoms with Gasteiger partial charge >= 0.3 is 0 Å². The number of nitrogens with zero attached hydrogens (tertiary/aromatic N) is 4. The Morgan fingerprint density at radius 3 is 2.31 bits per heavy atom. The number of amides is 1. The number of carbonyl (C=O) groups is 1. The van der Waals surface area contributed by atoms with Crippen molar-refractivity contribution in [1.29, 1.82) is 0 Å². The van der Waals surface area contributed by atoms with Gasteiger partial charge in [0.15, 0.2) is 5.88 Å². The number of ether oxygens (including phenoxy) is 1. The first-order valence-corrected chi connectivity index (χ1v) is 17.5. The second-order valence-corrected chi connectivity index (χ2v) is 13.6. The molecule has 4 rings (SSSR count). The summed E-state index contributed by atoms with van der Waals surface area (Å²) in [6.07, 6.45) is 8.31. The Kier molecular flexibility index (Phi) is 17.4. The zero-order chi connectivity index (χ0) is 36.6. The van der Waals surface area contributed by atoms with Crippen LogP contribution in [0.3, 0.4) is 0 Å². The molecular formula is C37H58ClFN8O2. The van der Waals surface area contributed by atoms with Crippen LogP contribution in [0, 0.1) is 5.82 Å². The molecule has 0 aliphatic carbocycles. The largest absolute Gasteiger partial charge is 0.474 e. The van der Waals surface area contributed by atoms with Gasteiger partial charge in [0, 0.05) is 67.0 Å². The van der Waals surface area contributed by atoms with Crippen molar-refractivity contribution < 1.29 is 13.9 Å². The third-order valence-electron chi connectivity index (χ3n) is 7.85. The number of rotatable bonds is 12. The highest BCUT2D eigenvalue weighted by atomic mass is 35.5. The number of hydrogen-bond acceptors (Lipinski definition) is 9. The minimum absolute atomic E-state index is 0.131. The van der Waals surface area contributed by atoms with E-state index in [0.29, 0.717) is 40.2 Å². The number of unbranched alkanes of at least 4 members (excludes halogenated alkanes) is 1. The number of likely N-dealkylation sites (N-methyl/N-ethyl adjacent to an activating group) is 1. The maximum atomic E-state index is 14.5. The minimum atomic E-state index is -0.514. The standard InChI is InChI=1S/C25H30ClFN6O2.C8H18N2.C4H10/c1-15(35-25(2,3)4)33-10-8-22(33)24(29)21(32-17-7-9-30-23(12-17)31-14-34)13-20(28)18-11-16(26)5-6-19(18)27;1-3-4-10-7-5-9(2)6-8-10;1-3-4-2/h5-7,9,11-14,22H,1,8,10,28-29H2,2-4H3,(H2,30,31,32,34);3-8H2,1-2H3;3-4H2,1-2H3/b20-13-,24-21+;;. The van der Waals surface area contributed by atoms with Gasteiger partial charge in [0.2, 0.25) is 6.41 Å². The summed E-state index contributed by atoms with van der Waals surface area (Å²) in [5.41, 5.74) is 14.3. The van der Waals surface area contributed by atoms with E-state index in [2.05, 4.69) is 59.8 Å². The summed E-state index contributed by atoms with van der Waals surface area (Å²) in [5.74, 6) is 0.341. The molecule has 2 aromatic rings. The molecule has 0 bridgehead atoms. The van der Waals surface area contributed by atoms with Gasteiger partial charge < -0.3 is 41.5 Å². The number of anilines is 2. The predicted molar refractivity (Wildman–Crippen MR) is 202 cm³/mol. The molecule has 1 amide bonds. The van der Waals surface area contributed by atoms with E-state index < -0.39 is 11.4 Å². The third kappa shape index (κ3) is 14.3. The molecule has 12 heteroatoms. The molecule has 2 aliphatic rings. The number of aromatic nitrogens is 1. The van der Waals surface area contributed by atoms with Crippen molar-refractivity contribution in [3.63, 3.8) is 0 Å². The van der Waals surface area contributed by atoms with E-state index in [9.17, 15) is 9.18 Å². The Balaban J connectivity index is 0.000000494. The van der Waals surface area contributed by atoms with Crippen LogP contribution in [0.5, 0.6) is 0 Å². The van der Waals surface area contributed by atoms with Crippen LogP contribution in [0.25, 0.3) is 5.70 Å². The number of pyridine rings is 1. The van der Waals surface area contributed by atoms with Gasteiger partial charge in [0.05, 0.1) is 17.4 Å². The number of allylic oxidation sites excluding steroid dienone is 1. The van der Waals surface area contributed by atoms with Gasteiger partial charge in [-0.25, -0.2) is 9.37 Å². The zero-order valence-corrected chi connectivity index (χ0v) is 31.2. The molecule has 6 N–H and O–H groups in total. The summed E-state index contributed by atoms with van der Waals surface area (Å²) in [7, 11) is 2.20. The molecule has 272 valence electrons. The van der Waals surface area contributed by atoms with E-state index in [-0.39, 0.29) is 17.3 Å². The van der Waals surface area contributed by atoms with Crippen molar-refractivity contribution in [2.24, 2.45) is 11.5 Å². The quantitative estimate of drug-likeness (QED) is 0.107. The molecule has 2 aliphatic heterocycles. The van der Waals surface area contributed by atoms with Crippen LogP contribution in [0.1, 0.15) is 72.8 Å². The lowest BCUT2D eigenvalue weighted by atomic mass is 9.97. The lowest BCUT2D eigenvalue weighted by molar-refractivity contribution is -0.105. The van der Waals surface area contributed by atoms with Crippen LogP contribution in [0.2, 0.25) is 5.02 Å². The molecule has 10 nitrogen and oxygen atoms in total. The summed E-state index contributed by atoms with van der Waals surface area (Å²) in [6, 6.07) is 7.27. The Morgan fingerprint density at radius 1 is 1.08 bits per heavy atom. The van der Waals surface area contributed by atoms with Crippen molar-refractivity contribution in [2.45, 2.75) is 78.9 Å². The van der Waals surface area contributed by atoms with Crippen LogP contribution in [0.4, 0.5) is 15.9 Å². The molecule has 49 heavy (non-hydrogen) atoms. The van der Waals surface area contributed by atoms with Gasteiger partial charge in [0.25, 0.3) is 0 Å². The van der Waals surface area contributed by atoms with Crippen molar-refractivity contribution in [2.75, 3.05) is 56.9 Å². The summed E-state index contributed by atoms with van der Waals surface area (Å²) < 4.78 is 20.4. The lowest BCUT2D eigenvalue weighted by Gasteiger charge is -2.45. The van der Waals surface area contributed by atoms with E-state index >= 15 is 0 Å². The molecule has 1 unspecified atom stereocenters. The number of hydrogen-bond donors (Lipinski definition) is 4. The predicted octanol–water partition coefficient (Wildman–Crippen LogP) is 6.84. The fourth-order valence-corrected chi connectivity index (χ4v) is 5.11. The smallest absolute Gasteiger partial charge is 0.212 e. The number of halogens is 2. The fraction of sp³-hybridized carbons (Fsp3) is 0.514. The summed E-state index contributed by atoms with van der Waals surface area (Å²) >= 11 is 6.05. The molecule has 0 saturated carbocycles. The Labute approximate surface area is 298 Å². The number of nitrogens with one attached hydrogen (secondary N) is 2. The monoisotopic (exact) mass is 700 g/mol. The molecule has 3 heterocycles. The van der Waals surface area contributed by atoms with Gasteiger partial charge in [-0.2, -0.15) is 0 Å². The molecule has 1 atom stereocenters. The number of piperazine rings is 1. The first-order valence-electron chi connectivity index (χ1n) is 17.1. The first kappa shape index (κ1) is 41.4. The van der Waals surface area contributed by atoms with Crippen LogP contribution < -0.4 is 22.1 Å². The van der Waals surface area contributed by atoms with Crippen molar-refractivity contribution in [1.82, 2.24) is 19.7 Å². The van der Waals surface area contributed by atoms with Gasteiger partial charge in [0.1, 0.15) is 17.2 Å². The number of likely N-dealkylation sites (tertiary alicyclic amines) is 1. The number of nitrogens with two attached hydrogens (primary N) is 2. The molecule has 2 fully saturated rings. The SMILES string of the molecule is C=C(OC(C)(C)C)N1CCC1/C(N)=C(/C=C(\N)c1cc(Cl)ccc1F)Nc1ccnc(NC=O)c1.CCCC.CCCN1CCN(C)CC1. The molecule has 1 aromatic heterocycles. The highest BCUT2D eigenvalue weighted by molar-refractivity contribution is 6.30. The van der Waals surface area contributed by atoms with Crippen LogP contribution >= 0.6 is 11.6 Å². The topological polar surface area (TPSA) is 125 Å².